The minimum absolute atomic E-state index is 0.185. The number of hydrogen-bond acceptors (Lipinski definition) is 2. The van der Waals surface area contributed by atoms with Crippen LogP contribution >= 0.6 is 0 Å². The van der Waals surface area contributed by atoms with Crippen molar-refractivity contribution in [1.82, 2.24) is 0 Å². The van der Waals surface area contributed by atoms with E-state index in [1.807, 2.05) is 6.92 Å². The van der Waals surface area contributed by atoms with Gasteiger partial charge in [-0.2, -0.15) is 0 Å². The van der Waals surface area contributed by atoms with E-state index in [-0.39, 0.29) is 11.7 Å². The average Bonchev–Trinajstić information content (AvgIpc) is 2.64. The van der Waals surface area contributed by atoms with E-state index >= 15 is 0 Å². The van der Waals surface area contributed by atoms with Gasteiger partial charge in [0.15, 0.2) is 0 Å². The fourth-order valence-electron chi connectivity index (χ4n) is 1.01. The van der Waals surface area contributed by atoms with Crippen molar-refractivity contribution in [3.8, 4) is 0 Å². The molecule has 60 valence electrons. The Labute approximate surface area is 62.2 Å². The number of hydrogen-bond donors (Lipinski definition) is 1. The van der Waals surface area contributed by atoms with Gasteiger partial charge in [-0.1, -0.05) is 19.8 Å². The zero-order chi connectivity index (χ0) is 7.61. The Morgan fingerprint density at radius 2 is 2.30 bits per heavy atom. The molecule has 0 amide bonds. The lowest BCUT2D eigenvalue weighted by molar-refractivity contribution is 0.0756. The standard InChI is InChI=1S/C8H16O2/c1-3-4-5-7(9)8(2)6-10-8/h7,9H,3-6H2,1-2H3/t7-,8-/m0/s1. The minimum Gasteiger partial charge on any atom is -0.390 e. The lowest BCUT2D eigenvalue weighted by atomic mass is 10.0. The Hall–Kier alpha value is -0.0800. The molecule has 0 bridgehead atoms. The predicted octanol–water partition coefficient (Wildman–Crippen LogP) is 1.33. The van der Waals surface area contributed by atoms with Gasteiger partial charge in [0.05, 0.1) is 12.7 Å². The molecule has 0 aromatic rings. The SMILES string of the molecule is CCCC[C@H](O)[C@]1(C)CO1. The molecule has 0 unspecified atom stereocenters. The summed E-state index contributed by atoms with van der Waals surface area (Å²) < 4.78 is 5.10. The van der Waals surface area contributed by atoms with Gasteiger partial charge >= 0.3 is 0 Å². The number of unbranched alkanes of at least 4 members (excludes halogenated alkanes) is 1. The summed E-state index contributed by atoms with van der Waals surface area (Å²) in [5.74, 6) is 0. The topological polar surface area (TPSA) is 32.8 Å². The molecule has 0 spiro atoms. The average molecular weight is 144 g/mol. The van der Waals surface area contributed by atoms with E-state index in [1.54, 1.807) is 0 Å². The number of rotatable bonds is 4. The van der Waals surface area contributed by atoms with Crippen molar-refractivity contribution in [1.29, 1.82) is 0 Å². The quantitative estimate of drug-likeness (QED) is 0.604. The molecule has 0 aromatic carbocycles. The van der Waals surface area contributed by atoms with Crippen molar-refractivity contribution >= 4 is 0 Å². The molecule has 0 aromatic heterocycles. The molecule has 0 saturated carbocycles. The molecule has 1 aliphatic heterocycles. The van der Waals surface area contributed by atoms with Gasteiger partial charge in [0.2, 0.25) is 0 Å². The monoisotopic (exact) mass is 144 g/mol. The second-order valence-corrected chi connectivity index (χ2v) is 3.26. The maximum atomic E-state index is 9.45. The van der Waals surface area contributed by atoms with Crippen LogP contribution in [0.25, 0.3) is 0 Å². The molecule has 2 heteroatoms. The van der Waals surface area contributed by atoms with Crippen molar-refractivity contribution in [2.75, 3.05) is 6.61 Å². The Morgan fingerprint density at radius 1 is 1.70 bits per heavy atom. The summed E-state index contributed by atoms with van der Waals surface area (Å²) in [6.07, 6.45) is 2.88. The Bertz CT molecular complexity index is 108. The third-order valence-corrected chi connectivity index (χ3v) is 2.14. The molecule has 1 rings (SSSR count). The van der Waals surface area contributed by atoms with E-state index in [0.29, 0.717) is 0 Å². The number of aliphatic hydroxyl groups is 1. The fraction of sp³-hybridized carbons (Fsp3) is 1.00. The predicted molar refractivity (Wildman–Crippen MR) is 39.9 cm³/mol. The van der Waals surface area contributed by atoms with Crippen molar-refractivity contribution in [2.45, 2.75) is 44.8 Å². The van der Waals surface area contributed by atoms with Crippen molar-refractivity contribution < 1.29 is 9.84 Å². The van der Waals surface area contributed by atoms with E-state index in [9.17, 15) is 5.11 Å². The molecule has 1 saturated heterocycles. The van der Waals surface area contributed by atoms with E-state index in [2.05, 4.69) is 6.92 Å². The lowest BCUT2D eigenvalue weighted by Gasteiger charge is -2.12. The summed E-state index contributed by atoms with van der Waals surface area (Å²) in [6.45, 7) is 4.83. The molecule has 1 N–H and O–H groups in total. The molecule has 10 heavy (non-hydrogen) atoms. The third kappa shape index (κ3) is 1.70. The molecule has 1 heterocycles. The zero-order valence-electron chi connectivity index (χ0n) is 6.76. The first kappa shape index (κ1) is 8.02. The molecule has 1 fully saturated rings. The van der Waals surface area contributed by atoms with Crippen LogP contribution in [0.5, 0.6) is 0 Å². The van der Waals surface area contributed by atoms with Gasteiger partial charge < -0.3 is 9.84 Å². The van der Waals surface area contributed by atoms with Crippen LogP contribution in [-0.4, -0.2) is 23.4 Å². The van der Waals surface area contributed by atoms with Crippen LogP contribution < -0.4 is 0 Å². The van der Waals surface area contributed by atoms with Gasteiger partial charge in [0.25, 0.3) is 0 Å². The lowest BCUT2D eigenvalue weighted by Crippen LogP contribution is -2.25. The fourth-order valence-corrected chi connectivity index (χ4v) is 1.01. The highest BCUT2D eigenvalue weighted by atomic mass is 16.6. The molecular formula is C8H16O2. The Morgan fingerprint density at radius 3 is 2.70 bits per heavy atom. The first-order valence-electron chi connectivity index (χ1n) is 4.01. The van der Waals surface area contributed by atoms with Crippen LogP contribution in [0.4, 0.5) is 0 Å². The first-order valence-corrected chi connectivity index (χ1v) is 4.01. The largest absolute Gasteiger partial charge is 0.390 e. The summed E-state index contributed by atoms with van der Waals surface area (Å²) >= 11 is 0. The second kappa shape index (κ2) is 2.89. The van der Waals surface area contributed by atoms with Crippen LogP contribution in [0.1, 0.15) is 33.1 Å². The van der Waals surface area contributed by atoms with Crippen LogP contribution in [-0.2, 0) is 4.74 Å². The van der Waals surface area contributed by atoms with Crippen LogP contribution in [0.15, 0.2) is 0 Å². The summed E-state index contributed by atoms with van der Waals surface area (Å²) in [7, 11) is 0. The molecule has 1 aliphatic rings. The summed E-state index contributed by atoms with van der Waals surface area (Å²) in [5, 5.41) is 9.45. The van der Waals surface area contributed by atoms with Crippen molar-refractivity contribution in [2.24, 2.45) is 0 Å². The molecule has 2 nitrogen and oxygen atoms in total. The Kier molecular flexibility index (Phi) is 2.32. The highest BCUT2D eigenvalue weighted by Crippen LogP contribution is 2.32. The van der Waals surface area contributed by atoms with Gasteiger partial charge in [0, 0.05) is 0 Å². The highest BCUT2D eigenvalue weighted by molar-refractivity contribution is 4.93. The number of epoxide rings is 1. The highest BCUT2D eigenvalue weighted by Gasteiger charge is 2.45. The molecule has 0 radical (unpaired) electrons. The molecular weight excluding hydrogens is 128 g/mol. The molecule has 0 aliphatic carbocycles. The third-order valence-electron chi connectivity index (χ3n) is 2.14. The van der Waals surface area contributed by atoms with E-state index in [0.717, 1.165) is 25.9 Å². The number of aliphatic hydroxyl groups excluding tert-OH is 1. The summed E-state index contributed by atoms with van der Waals surface area (Å²) in [4.78, 5) is 0. The van der Waals surface area contributed by atoms with Crippen LogP contribution in [0.3, 0.4) is 0 Å². The van der Waals surface area contributed by atoms with E-state index in [1.165, 1.54) is 0 Å². The smallest absolute Gasteiger partial charge is 0.115 e. The summed E-state index contributed by atoms with van der Waals surface area (Å²) in [6, 6.07) is 0. The normalized spacial score (nSPS) is 33.9. The maximum absolute atomic E-state index is 9.45. The van der Waals surface area contributed by atoms with Crippen LogP contribution in [0, 0.1) is 0 Å². The van der Waals surface area contributed by atoms with Crippen molar-refractivity contribution in [3.05, 3.63) is 0 Å². The van der Waals surface area contributed by atoms with Gasteiger partial charge in [0.1, 0.15) is 5.60 Å². The minimum atomic E-state index is -0.243. The van der Waals surface area contributed by atoms with E-state index in [4.69, 9.17) is 4.74 Å². The summed E-state index contributed by atoms with van der Waals surface area (Å²) in [5.41, 5.74) is -0.185. The first-order chi connectivity index (χ1) is 4.69. The van der Waals surface area contributed by atoms with E-state index < -0.39 is 0 Å². The molecule has 2 atom stereocenters. The second-order valence-electron chi connectivity index (χ2n) is 3.26. The Balaban J connectivity index is 2.15. The van der Waals surface area contributed by atoms with Gasteiger partial charge in [-0.05, 0) is 13.3 Å². The van der Waals surface area contributed by atoms with Gasteiger partial charge in [-0.3, -0.25) is 0 Å². The van der Waals surface area contributed by atoms with Gasteiger partial charge in [-0.25, -0.2) is 0 Å². The zero-order valence-corrected chi connectivity index (χ0v) is 6.76. The number of ether oxygens (including phenoxy) is 1. The van der Waals surface area contributed by atoms with Crippen molar-refractivity contribution in [3.63, 3.8) is 0 Å². The van der Waals surface area contributed by atoms with Gasteiger partial charge in [-0.15, -0.1) is 0 Å². The van der Waals surface area contributed by atoms with Crippen LogP contribution in [0.2, 0.25) is 0 Å². The maximum Gasteiger partial charge on any atom is 0.115 e.